The molecule has 0 radical (unpaired) electrons. The fourth-order valence-electron chi connectivity index (χ4n) is 6.33. The molecule has 0 aromatic heterocycles. The van der Waals surface area contributed by atoms with Crippen molar-refractivity contribution in [3.05, 3.63) is 94.3 Å². The Kier molecular flexibility index (Phi) is 6.13. The number of benzene rings is 3. The van der Waals surface area contributed by atoms with Gasteiger partial charge >= 0.3 is 0 Å². The van der Waals surface area contributed by atoms with Crippen LogP contribution in [0, 0.1) is 11.7 Å². The first-order chi connectivity index (χ1) is 17.4. The standard InChI is InChI=1S/C31H32ClFN2O/c1-21(28-19-25(32)18-23-4-2-3-5-27(23)28)35-15-12-29(30(35)36)31(24-8-10-26(33)11-9-24)13-16-34(17-14-31)20-22-6-7-22/h2-5,8-12,18-19,21-22H,6-7,13-17,20H2,1H3/t21-/m0/s1. The van der Waals surface area contributed by atoms with Gasteiger partial charge in [0, 0.05) is 29.1 Å². The Labute approximate surface area is 217 Å². The number of nitrogens with zero attached hydrogens (tertiary/aromatic N) is 2. The van der Waals surface area contributed by atoms with Gasteiger partial charge in [-0.05, 0) is 97.8 Å². The van der Waals surface area contributed by atoms with Gasteiger partial charge in [0.05, 0.1) is 6.04 Å². The lowest BCUT2D eigenvalue weighted by atomic mass is 9.67. The van der Waals surface area contributed by atoms with Crippen LogP contribution in [0.3, 0.4) is 0 Å². The molecule has 36 heavy (non-hydrogen) atoms. The fraction of sp³-hybridized carbons (Fsp3) is 0.387. The van der Waals surface area contributed by atoms with Gasteiger partial charge in [-0.15, -0.1) is 0 Å². The highest BCUT2D eigenvalue weighted by atomic mass is 35.5. The zero-order valence-corrected chi connectivity index (χ0v) is 21.5. The highest BCUT2D eigenvalue weighted by Crippen LogP contribution is 2.46. The topological polar surface area (TPSA) is 23.6 Å². The summed E-state index contributed by atoms with van der Waals surface area (Å²) in [5.41, 5.74) is 2.61. The number of hydrogen-bond donors (Lipinski definition) is 0. The Morgan fingerprint density at radius 2 is 1.78 bits per heavy atom. The first kappa shape index (κ1) is 23.7. The number of amides is 1. The molecular formula is C31H32ClFN2O. The van der Waals surface area contributed by atoms with Gasteiger partial charge < -0.3 is 9.80 Å². The average molecular weight is 503 g/mol. The Bertz CT molecular complexity index is 1320. The van der Waals surface area contributed by atoms with E-state index in [0.717, 1.165) is 65.9 Å². The third kappa shape index (κ3) is 4.25. The van der Waals surface area contributed by atoms with Crippen molar-refractivity contribution in [2.45, 2.75) is 44.1 Å². The number of hydrogen-bond acceptors (Lipinski definition) is 2. The first-order valence-electron chi connectivity index (χ1n) is 13.1. The van der Waals surface area contributed by atoms with E-state index in [1.807, 2.05) is 41.3 Å². The van der Waals surface area contributed by atoms with Crippen molar-refractivity contribution >= 4 is 28.3 Å². The van der Waals surface area contributed by atoms with Crippen molar-refractivity contribution in [2.75, 3.05) is 26.2 Å². The SMILES string of the molecule is C[C@@H](c1cc(Cl)cc2ccccc12)N1CC=C(C2(c3ccc(F)cc3)CCN(CC3CC3)CC2)C1=O. The predicted octanol–water partition coefficient (Wildman–Crippen LogP) is 6.91. The molecule has 1 amide bonds. The summed E-state index contributed by atoms with van der Waals surface area (Å²) in [6.45, 7) is 5.76. The molecule has 5 heteroatoms. The van der Waals surface area contributed by atoms with Crippen LogP contribution in [-0.2, 0) is 10.2 Å². The number of rotatable bonds is 6. The van der Waals surface area contributed by atoms with E-state index in [0.29, 0.717) is 11.6 Å². The minimum absolute atomic E-state index is 0.0894. The van der Waals surface area contributed by atoms with E-state index < -0.39 is 0 Å². The summed E-state index contributed by atoms with van der Waals surface area (Å²) in [4.78, 5) is 18.6. The maximum Gasteiger partial charge on any atom is 0.251 e. The van der Waals surface area contributed by atoms with E-state index in [4.69, 9.17) is 11.6 Å². The number of fused-ring (bicyclic) bond motifs is 1. The molecule has 2 heterocycles. The molecule has 2 fully saturated rings. The molecule has 2 aliphatic heterocycles. The summed E-state index contributed by atoms with van der Waals surface area (Å²) in [5.74, 6) is 0.695. The number of carbonyl (C=O) groups excluding carboxylic acids is 1. The van der Waals surface area contributed by atoms with E-state index in [1.165, 1.54) is 25.0 Å². The molecule has 186 valence electrons. The zero-order valence-electron chi connectivity index (χ0n) is 20.7. The highest BCUT2D eigenvalue weighted by molar-refractivity contribution is 6.31. The quantitative estimate of drug-likeness (QED) is 0.366. The zero-order chi connectivity index (χ0) is 24.9. The second-order valence-corrected chi connectivity index (χ2v) is 11.2. The molecule has 3 aromatic carbocycles. The van der Waals surface area contributed by atoms with Crippen LogP contribution < -0.4 is 0 Å². The molecule has 0 N–H and O–H groups in total. The number of piperidine rings is 1. The first-order valence-corrected chi connectivity index (χ1v) is 13.5. The van der Waals surface area contributed by atoms with Crippen LogP contribution in [0.15, 0.2) is 72.3 Å². The molecule has 3 aromatic rings. The average Bonchev–Trinajstić information content (AvgIpc) is 3.62. The Morgan fingerprint density at radius 1 is 1.06 bits per heavy atom. The molecule has 1 saturated heterocycles. The van der Waals surface area contributed by atoms with Crippen molar-refractivity contribution in [2.24, 2.45) is 5.92 Å². The molecule has 3 aliphatic rings. The van der Waals surface area contributed by atoms with Crippen molar-refractivity contribution in [1.29, 1.82) is 0 Å². The van der Waals surface area contributed by atoms with E-state index in [1.54, 1.807) is 0 Å². The molecule has 1 saturated carbocycles. The smallest absolute Gasteiger partial charge is 0.251 e. The minimum Gasteiger partial charge on any atom is -0.328 e. The van der Waals surface area contributed by atoms with Crippen LogP contribution in [0.1, 0.15) is 49.8 Å². The summed E-state index contributed by atoms with van der Waals surface area (Å²) in [6, 6.07) is 18.9. The second-order valence-electron chi connectivity index (χ2n) is 10.8. The summed E-state index contributed by atoms with van der Waals surface area (Å²) >= 11 is 6.48. The van der Waals surface area contributed by atoms with E-state index in [9.17, 15) is 9.18 Å². The van der Waals surface area contributed by atoms with Crippen LogP contribution in [0.2, 0.25) is 5.02 Å². The largest absolute Gasteiger partial charge is 0.328 e. The van der Waals surface area contributed by atoms with Crippen LogP contribution >= 0.6 is 11.6 Å². The van der Waals surface area contributed by atoms with Gasteiger partial charge in [-0.1, -0.05) is 54.1 Å². The summed E-state index contributed by atoms with van der Waals surface area (Å²) < 4.78 is 13.9. The summed E-state index contributed by atoms with van der Waals surface area (Å²) in [7, 11) is 0. The normalized spacial score (nSPS) is 21.1. The fourth-order valence-corrected chi connectivity index (χ4v) is 6.56. The van der Waals surface area contributed by atoms with Gasteiger partial charge in [-0.25, -0.2) is 4.39 Å². The van der Waals surface area contributed by atoms with Gasteiger partial charge in [0.2, 0.25) is 0 Å². The van der Waals surface area contributed by atoms with Gasteiger partial charge in [0.15, 0.2) is 0 Å². The maximum atomic E-state index is 14.1. The second kappa shape index (κ2) is 9.32. The Balaban J connectivity index is 1.31. The lowest BCUT2D eigenvalue weighted by Crippen LogP contribution is -2.46. The molecule has 0 spiro atoms. The highest BCUT2D eigenvalue weighted by Gasteiger charge is 2.46. The lowest BCUT2D eigenvalue weighted by molar-refractivity contribution is -0.128. The van der Waals surface area contributed by atoms with Gasteiger partial charge in [-0.3, -0.25) is 4.79 Å². The third-order valence-electron chi connectivity index (χ3n) is 8.59. The third-order valence-corrected chi connectivity index (χ3v) is 8.81. The van der Waals surface area contributed by atoms with E-state index >= 15 is 0 Å². The molecule has 0 bridgehead atoms. The van der Waals surface area contributed by atoms with Gasteiger partial charge in [0.1, 0.15) is 5.82 Å². The van der Waals surface area contributed by atoms with Crippen LogP contribution in [-0.4, -0.2) is 41.9 Å². The molecule has 1 atom stereocenters. The van der Waals surface area contributed by atoms with Gasteiger partial charge in [-0.2, -0.15) is 0 Å². The number of carbonyl (C=O) groups is 1. The van der Waals surface area contributed by atoms with E-state index in [2.05, 4.69) is 30.0 Å². The number of halogens is 2. The molecule has 3 nitrogen and oxygen atoms in total. The Morgan fingerprint density at radius 3 is 2.50 bits per heavy atom. The van der Waals surface area contributed by atoms with Crippen LogP contribution in [0.5, 0.6) is 0 Å². The van der Waals surface area contributed by atoms with Crippen molar-refractivity contribution < 1.29 is 9.18 Å². The van der Waals surface area contributed by atoms with Crippen molar-refractivity contribution in [3.63, 3.8) is 0 Å². The van der Waals surface area contributed by atoms with Crippen LogP contribution in [0.25, 0.3) is 10.8 Å². The number of likely N-dealkylation sites (tertiary alicyclic amines) is 1. The monoisotopic (exact) mass is 502 g/mol. The molecule has 0 unspecified atom stereocenters. The van der Waals surface area contributed by atoms with Gasteiger partial charge in [0.25, 0.3) is 5.91 Å². The minimum atomic E-state index is -0.379. The van der Waals surface area contributed by atoms with Crippen LogP contribution in [0.4, 0.5) is 4.39 Å². The summed E-state index contributed by atoms with van der Waals surface area (Å²) in [5, 5.41) is 2.89. The van der Waals surface area contributed by atoms with E-state index in [-0.39, 0.29) is 23.2 Å². The van der Waals surface area contributed by atoms with Crippen molar-refractivity contribution in [1.82, 2.24) is 9.80 Å². The predicted molar refractivity (Wildman–Crippen MR) is 144 cm³/mol. The molecular weight excluding hydrogens is 471 g/mol. The molecule has 1 aliphatic carbocycles. The molecule has 6 rings (SSSR count). The maximum absolute atomic E-state index is 14.1. The Hall–Kier alpha value is -2.69. The lowest BCUT2D eigenvalue weighted by Gasteiger charge is -2.43. The van der Waals surface area contributed by atoms with Crippen molar-refractivity contribution in [3.8, 4) is 0 Å². The summed E-state index contributed by atoms with van der Waals surface area (Å²) in [6.07, 6.45) is 6.57.